The molecule has 1 aromatic heterocycles. The zero-order chi connectivity index (χ0) is 12.1. The maximum Gasteiger partial charge on any atom is 0.121 e. The Hall–Kier alpha value is -1.97. The SMILES string of the molecule is CCOc1cccc(NCc2nc[nH]c2C)c1. The molecular formula is C13H17N3O. The van der Waals surface area contributed by atoms with Crippen molar-refractivity contribution in [1.82, 2.24) is 9.97 Å². The first-order chi connectivity index (χ1) is 8.29. The van der Waals surface area contributed by atoms with E-state index < -0.39 is 0 Å². The molecule has 0 radical (unpaired) electrons. The van der Waals surface area contributed by atoms with E-state index in [4.69, 9.17) is 4.74 Å². The molecule has 0 atom stereocenters. The van der Waals surface area contributed by atoms with E-state index in [1.54, 1.807) is 6.33 Å². The number of aryl methyl sites for hydroxylation is 1. The Balaban J connectivity index is 1.99. The quantitative estimate of drug-likeness (QED) is 0.831. The molecule has 0 saturated carbocycles. The van der Waals surface area contributed by atoms with E-state index in [9.17, 15) is 0 Å². The lowest BCUT2D eigenvalue weighted by Gasteiger charge is -2.08. The summed E-state index contributed by atoms with van der Waals surface area (Å²) in [5.74, 6) is 0.885. The van der Waals surface area contributed by atoms with E-state index in [2.05, 4.69) is 15.3 Å². The average Bonchev–Trinajstić information content (AvgIpc) is 2.73. The zero-order valence-corrected chi connectivity index (χ0v) is 10.2. The summed E-state index contributed by atoms with van der Waals surface area (Å²) in [6, 6.07) is 7.94. The van der Waals surface area contributed by atoms with E-state index in [1.807, 2.05) is 38.1 Å². The van der Waals surface area contributed by atoms with Crippen LogP contribution in [0.15, 0.2) is 30.6 Å². The summed E-state index contributed by atoms with van der Waals surface area (Å²) in [5, 5.41) is 3.32. The van der Waals surface area contributed by atoms with Crippen molar-refractivity contribution in [3.8, 4) is 5.75 Å². The normalized spacial score (nSPS) is 10.2. The maximum absolute atomic E-state index is 5.45. The van der Waals surface area contributed by atoms with Gasteiger partial charge < -0.3 is 15.0 Å². The van der Waals surface area contributed by atoms with Gasteiger partial charge in [-0.2, -0.15) is 0 Å². The number of benzene rings is 1. The monoisotopic (exact) mass is 231 g/mol. The standard InChI is InChI=1S/C13H17N3O/c1-3-17-12-6-4-5-11(7-12)14-8-13-10(2)15-9-16-13/h4-7,9,14H,3,8H2,1-2H3,(H,15,16). The van der Waals surface area contributed by atoms with Crippen LogP contribution in [-0.4, -0.2) is 16.6 Å². The summed E-state index contributed by atoms with van der Waals surface area (Å²) in [4.78, 5) is 7.30. The van der Waals surface area contributed by atoms with Gasteiger partial charge >= 0.3 is 0 Å². The minimum absolute atomic E-state index is 0.682. The first-order valence-electron chi connectivity index (χ1n) is 5.75. The zero-order valence-electron chi connectivity index (χ0n) is 10.2. The van der Waals surface area contributed by atoms with Crippen molar-refractivity contribution < 1.29 is 4.74 Å². The predicted octanol–water partition coefficient (Wildman–Crippen LogP) is 2.73. The van der Waals surface area contributed by atoms with Gasteiger partial charge in [-0.25, -0.2) is 4.98 Å². The second-order valence-corrected chi connectivity index (χ2v) is 3.79. The average molecular weight is 231 g/mol. The molecule has 0 unspecified atom stereocenters. The number of anilines is 1. The number of H-pyrrole nitrogens is 1. The number of hydrogen-bond acceptors (Lipinski definition) is 3. The minimum Gasteiger partial charge on any atom is -0.494 e. The van der Waals surface area contributed by atoms with Crippen molar-refractivity contribution in [3.05, 3.63) is 42.0 Å². The first kappa shape index (κ1) is 11.5. The summed E-state index contributed by atoms with van der Waals surface area (Å²) in [5.41, 5.74) is 3.17. The fraction of sp³-hybridized carbons (Fsp3) is 0.308. The van der Waals surface area contributed by atoms with Crippen LogP contribution in [0.1, 0.15) is 18.3 Å². The Labute approximate surface area is 101 Å². The van der Waals surface area contributed by atoms with Gasteiger partial charge in [-0.1, -0.05) is 6.07 Å². The molecule has 4 nitrogen and oxygen atoms in total. The van der Waals surface area contributed by atoms with Gasteiger partial charge in [0.05, 0.1) is 25.2 Å². The largest absolute Gasteiger partial charge is 0.494 e. The predicted molar refractivity (Wildman–Crippen MR) is 68.3 cm³/mol. The molecule has 0 fully saturated rings. The van der Waals surface area contributed by atoms with Crippen LogP contribution in [-0.2, 0) is 6.54 Å². The molecule has 2 rings (SSSR count). The third-order valence-electron chi connectivity index (χ3n) is 2.54. The molecule has 1 heterocycles. The highest BCUT2D eigenvalue weighted by atomic mass is 16.5. The van der Waals surface area contributed by atoms with Crippen LogP contribution in [0, 0.1) is 6.92 Å². The van der Waals surface area contributed by atoms with Crippen molar-refractivity contribution in [1.29, 1.82) is 0 Å². The molecule has 0 aliphatic rings. The highest BCUT2D eigenvalue weighted by molar-refractivity contribution is 5.48. The number of hydrogen-bond donors (Lipinski definition) is 2. The summed E-state index contributed by atoms with van der Waals surface area (Å²) < 4.78 is 5.45. The molecule has 1 aromatic carbocycles. The van der Waals surface area contributed by atoms with E-state index in [0.717, 1.165) is 22.8 Å². The van der Waals surface area contributed by atoms with Crippen molar-refractivity contribution in [2.45, 2.75) is 20.4 Å². The minimum atomic E-state index is 0.682. The number of aromatic amines is 1. The summed E-state index contributed by atoms with van der Waals surface area (Å²) in [6.45, 7) is 5.39. The van der Waals surface area contributed by atoms with Crippen LogP contribution in [0.4, 0.5) is 5.69 Å². The van der Waals surface area contributed by atoms with Crippen molar-refractivity contribution in [2.24, 2.45) is 0 Å². The number of nitrogens with zero attached hydrogens (tertiary/aromatic N) is 1. The van der Waals surface area contributed by atoms with Gasteiger partial charge in [-0.3, -0.25) is 0 Å². The van der Waals surface area contributed by atoms with Crippen LogP contribution in [0.25, 0.3) is 0 Å². The molecule has 4 heteroatoms. The van der Waals surface area contributed by atoms with Gasteiger partial charge in [-0.15, -0.1) is 0 Å². The third kappa shape index (κ3) is 3.00. The molecule has 0 aliphatic carbocycles. The maximum atomic E-state index is 5.45. The topological polar surface area (TPSA) is 49.9 Å². The number of nitrogens with one attached hydrogen (secondary N) is 2. The molecule has 90 valence electrons. The molecule has 0 bridgehead atoms. The molecule has 0 aliphatic heterocycles. The van der Waals surface area contributed by atoms with Gasteiger partial charge in [-0.05, 0) is 26.0 Å². The molecule has 0 spiro atoms. The smallest absolute Gasteiger partial charge is 0.121 e. The highest BCUT2D eigenvalue weighted by Crippen LogP contribution is 2.18. The van der Waals surface area contributed by atoms with Crippen molar-refractivity contribution >= 4 is 5.69 Å². The van der Waals surface area contributed by atoms with Crippen molar-refractivity contribution in [2.75, 3.05) is 11.9 Å². The van der Waals surface area contributed by atoms with E-state index >= 15 is 0 Å². The van der Waals surface area contributed by atoms with Crippen LogP contribution in [0.3, 0.4) is 0 Å². The summed E-state index contributed by atoms with van der Waals surface area (Å²) in [7, 11) is 0. The highest BCUT2D eigenvalue weighted by Gasteiger charge is 2.01. The van der Waals surface area contributed by atoms with Gasteiger partial charge in [0.2, 0.25) is 0 Å². The summed E-state index contributed by atoms with van der Waals surface area (Å²) >= 11 is 0. The molecular weight excluding hydrogens is 214 g/mol. The van der Waals surface area contributed by atoms with E-state index in [0.29, 0.717) is 13.2 Å². The van der Waals surface area contributed by atoms with Gasteiger partial charge in [0.15, 0.2) is 0 Å². The number of ether oxygens (including phenoxy) is 1. The lowest BCUT2D eigenvalue weighted by atomic mass is 10.3. The fourth-order valence-electron chi connectivity index (χ4n) is 1.61. The molecule has 0 saturated heterocycles. The second kappa shape index (κ2) is 5.39. The van der Waals surface area contributed by atoms with Gasteiger partial charge in [0, 0.05) is 17.4 Å². The molecule has 2 aromatic rings. The van der Waals surface area contributed by atoms with Gasteiger partial charge in [0.1, 0.15) is 5.75 Å². The lowest BCUT2D eigenvalue weighted by Crippen LogP contribution is -2.01. The van der Waals surface area contributed by atoms with Crippen molar-refractivity contribution in [3.63, 3.8) is 0 Å². The Bertz CT molecular complexity index is 479. The molecule has 0 amide bonds. The number of rotatable bonds is 5. The van der Waals surface area contributed by atoms with E-state index in [1.165, 1.54) is 0 Å². The fourth-order valence-corrected chi connectivity index (χ4v) is 1.61. The third-order valence-corrected chi connectivity index (χ3v) is 2.54. The second-order valence-electron chi connectivity index (χ2n) is 3.79. The molecule has 2 N–H and O–H groups in total. The number of imidazole rings is 1. The van der Waals surface area contributed by atoms with Crippen LogP contribution >= 0.6 is 0 Å². The lowest BCUT2D eigenvalue weighted by molar-refractivity contribution is 0.340. The Kier molecular flexibility index (Phi) is 3.65. The van der Waals surface area contributed by atoms with Crippen LogP contribution in [0.5, 0.6) is 5.75 Å². The molecule has 17 heavy (non-hydrogen) atoms. The first-order valence-corrected chi connectivity index (χ1v) is 5.75. The Morgan fingerprint density at radius 3 is 3.00 bits per heavy atom. The summed E-state index contributed by atoms with van der Waals surface area (Å²) in [6.07, 6.45) is 1.71. The Morgan fingerprint density at radius 1 is 1.41 bits per heavy atom. The van der Waals surface area contributed by atoms with Crippen LogP contribution in [0.2, 0.25) is 0 Å². The van der Waals surface area contributed by atoms with Crippen LogP contribution < -0.4 is 10.1 Å². The van der Waals surface area contributed by atoms with E-state index in [-0.39, 0.29) is 0 Å². The number of aromatic nitrogens is 2. The Morgan fingerprint density at radius 2 is 2.29 bits per heavy atom. The van der Waals surface area contributed by atoms with Gasteiger partial charge in [0.25, 0.3) is 0 Å².